The molecule has 0 aliphatic rings. The fraction of sp³-hybridized carbons (Fsp3) is 0.875. The van der Waals surface area contributed by atoms with Crippen LogP contribution in [0.4, 0.5) is 0 Å². The van der Waals surface area contributed by atoms with Crippen molar-refractivity contribution in [3.63, 3.8) is 0 Å². The van der Waals surface area contributed by atoms with Crippen LogP contribution in [-0.4, -0.2) is 30.1 Å². The van der Waals surface area contributed by atoms with E-state index >= 15 is 0 Å². The third-order valence-electron chi connectivity index (χ3n) is 1.40. The predicted molar refractivity (Wildman–Crippen MR) is 43.9 cm³/mol. The van der Waals surface area contributed by atoms with Crippen molar-refractivity contribution in [2.45, 2.75) is 39.6 Å². The summed E-state index contributed by atoms with van der Waals surface area (Å²) < 4.78 is 10.1. The first-order valence-electron chi connectivity index (χ1n) is 4.11. The van der Waals surface area contributed by atoms with Crippen LogP contribution in [0.3, 0.4) is 0 Å². The first kappa shape index (κ1) is 11.4. The smallest absolute Gasteiger partial charge is 0.332 e. The molecule has 0 radical (unpaired) electrons. The second kappa shape index (κ2) is 5.97. The van der Waals surface area contributed by atoms with Crippen molar-refractivity contribution in [3.8, 4) is 0 Å². The van der Waals surface area contributed by atoms with E-state index in [0.29, 0.717) is 13.0 Å². The molecule has 0 saturated carbocycles. The van der Waals surface area contributed by atoms with Crippen LogP contribution >= 0.6 is 0 Å². The van der Waals surface area contributed by atoms with Gasteiger partial charge in [-0.05, 0) is 20.3 Å². The van der Waals surface area contributed by atoms with Gasteiger partial charge in [-0.15, -0.1) is 0 Å². The molecule has 0 saturated heterocycles. The topological polar surface area (TPSA) is 55.8 Å². The minimum atomic E-state index is -0.941. The molecule has 2 atom stereocenters. The van der Waals surface area contributed by atoms with Gasteiger partial charge in [0.15, 0.2) is 12.4 Å². The van der Waals surface area contributed by atoms with Crippen LogP contribution < -0.4 is 0 Å². The predicted octanol–water partition coefficient (Wildman–Crippen LogP) is 1.25. The Morgan fingerprint density at radius 2 is 2.08 bits per heavy atom. The van der Waals surface area contributed by atoms with Gasteiger partial charge in [0.2, 0.25) is 0 Å². The largest absolute Gasteiger partial charge is 0.479 e. The Balaban J connectivity index is 3.77. The van der Waals surface area contributed by atoms with Crippen LogP contribution in [0.2, 0.25) is 0 Å². The van der Waals surface area contributed by atoms with E-state index in [-0.39, 0.29) is 0 Å². The fourth-order valence-electron chi connectivity index (χ4n) is 0.834. The summed E-state index contributed by atoms with van der Waals surface area (Å²) in [6.45, 7) is 5.81. The Hall–Kier alpha value is -0.610. The average Bonchev–Trinajstić information content (AvgIpc) is 2.00. The number of ether oxygens (including phenoxy) is 2. The molecule has 4 nitrogen and oxygen atoms in total. The lowest BCUT2D eigenvalue weighted by Crippen LogP contribution is -2.28. The highest BCUT2D eigenvalue weighted by atomic mass is 16.7. The van der Waals surface area contributed by atoms with Crippen molar-refractivity contribution in [1.29, 1.82) is 0 Å². The van der Waals surface area contributed by atoms with Gasteiger partial charge in [-0.2, -0.15) is 0 Å². The van der Waals surface area contributed by atoms with Gasteiger partial charge in [-0.25, -0.2) is 4.79 Å². The molecule has 12 heavy (non-hydrogen) atoms. The molecule has 0 rings (SSSR count). The number of carboxylic acids is 1. The van der Waals surface area contributed by atoms with Crippen LogP contribution in [0.15, 0.2) is 0 Å². The number of carboxylic acid groups (broad SMARTS) is 1. The zero-order valence-electron chi connectivity index (χ0n) is 7.74. The lowest BCUT2D eigenvalue weighted by Gasteiger charge is -2.17. The molecule has 0 amide bonds. The average molecular weight is 176 g/mol. The Kier molecular flexibility index (Phi) is 5.66. The van der Waals surface area contributed by atoms with Gasteiger partial charge >= 0.3 is 5.97 Å². The number of rotatable bonds is 6. The number of hydrogen-bond acceptors (Lipinski definition) is 3. The minimum absolute atomic E-state index is 0.448. The summed E-state index contributed by atoms with van der Waals surface area (Å²) in [5, 5.41) is 8.61. The maximum atomic E-state index is 10.5. The summed E-state index contributed by atoms with van der Waals surface area (Å²) in [5.74, 6) is -0.941. The van der Waals surface area contributed by atoms with Crippen molar-refractivity contribution in [1.82, 2.24) is 0 Å². The molecule has 0 aromatic rings. The van der Waals surface area contributed by atoms with E-state index in [0.717, 1.165) is 0 Å². The first-order valence-corrected chi connectivity index (χ1v) is 4.11. The Morgan fingerprint density at radius 1 is 1.50 bits per heavy atom. The minimum Gasteiger partial charge on any atom is -0.479 e. The molecule has 0 spiro atoms. The molecule has 0 aliphatic carbocycles. The molecule has 0 aliphatic heterocycles. The van der Waals surface area contributed by atoms with E-state index in [1.807, 2.05) is 6.92 Å². The molecule has 0 heterocycles. The third kappa shape index (κ3) is 4.31. The van der Waals surface area contributed by atoms with E-state index in [2.05, 4.69) is 0 Å². The SMILES string of the molecule is CCOC(C)OC(CC)C(=O)O. The van der Waals surface area contributed by atoms with Crippen LogP contribution in [0.25, 0.3) is 0 Å². The summed E-state index contributed by atoms with van der Waals surface area (Å²) in [6, 6.07) is 0. The van der Waals surface area contributed by atoms with Crippen molar-refractivity contribution >= 4 is 5.97 Å². The monoisotopic (exact) mass is 176 g/mol. The maximum Gasteiger partial charge on any atom is 0.332 e. The zero-order chi connectivity index (χ0) is 9.56. The van der Waals surface area contributed by atoms with Crippen LogP contribution in [0.5, 0.6) is 0 Å². The molecule has 0 bridgehead atoms. The van der Waals surface area contributed by atoms with Crippen molar-refractivity contribution in [2.24, 2.45) is 0 Å². The quantitative estimate of drug-likeness (QED) is 0.619. The Morgan fingerprint density at radius 3 is 2.42 bits per heavy atom. The van der Waals surface area contributed by atoms with Crippen molar-refractivity contribution in [3.05, 3.63) is 0 Å². The first-order chi connectivity index (χ1) is 5.61. The highest BCUT2D eigenvalue weighted by Crippen LogP contribution is 2.03. The van der Waals surface area contributed by atoms with E-state index in [4.69, 9.17) is 14.6 Å². The van der Waals surface area contributed by atoms with Gasteiger partial charge in [0.1, 0.15) is 0 Å². The van der Waals surface area contributed by atoms with E-state index < -0.39 is 18.4 Å². The second-order valence-corrected chi connectivity index (χ2v) is 2.39. The summed E-state index contributed by atoms with van der Waals surface area (Å²) in [6.07, 6.45) is -0.755. The fourth-order valence-corrected chi connectivity index (χ4v) is 0.834. The van der Waals surface area contributed by atoms with E-state index in [1.165, 1.54) is 0 Å². The van der Waals surface area contributed by atoms with Crippen molar-refractivity contribution in [2.75, 3.05) is 6.61 Å². The molecular formula is C8H16O4. The molecular weight excluding hydrogens is 160 g/mol. The standard InChI is InChI=1S/C8H16O4/c1-4-7(8(9)10)12-6(3)11-5-2/h6-7H,4-5H2,1-3H3,(H,9,10). The summed E-state index contributed by atoms with van der Waals surface area (Å²) >= 11 is 0. The second-order valence-electron chi connectivity index (χ2n) is 2.39. The summed E-state index contributed by atoms with van der Waals surface area (Å²) in [5.41, 5.74) is 0. The van der Waals surface area contributed by atoms with E-state index in [1.54, 1.807) is 13.8 Å². The zero-order valence-corrected chi connectivity index (χ0v) is 7.74. The van der Waals surface area contributed by atoms with Gasteiger partial charge in [0.05, 0.1) is 0 Å². The van der Waals surface area contributed by atoms with Crippen LogP contribution in [0.1, 0.15) is 27.2 Å². The van der Waals surface area contributed by atoms with Gasteiger partial charge in [-0.1, -0.05) is 6.92 Å². The lowest BCUT2D eigenvalue weighted by molar-refractivity contribution is -0.183. The lowest BCUT2D eigenvalue weighted by atomic mass is 10.3. The van der Waals surface area contributed by atoms with Gasteiger partial charge < -0.3 is 14.6 Å². The van der Waals surface area contributed by atoms with Crippen molar-refractivity contribution < 1.29 is 19.4 Å². The highest BCUT2D eigenvalue weighted by Gasteiger charge is 2.18. The molecule has 0 aromatic carbocycles. The van der Waals surface area contributed by atoms with Gasteiger partial charge in [-0.3, -0.25) is 0 Å². The molecule has 4 heteroatoms. The number of carbonyl (C=O) groups is 1. The van der Waals surface area contributed by atoms with Gasteiger partial charge in [0, 0.05) is 6.61 Å². The molecule has 72 valence electrons. The molecule has 1 N–H and O–H groups in total. The Labute approximate surface area is 72.5 Å². The summed E-state index contributed by atoms with van der Waals surface area (Å²) in [7, 11) is 0. The Bertz CT molecular complexity index is 135. The molecule has 0 aromatic heterocycles. The number of hydrogen-bond donors (Lipinski definition) is 1. The van der Waals surface area contributed by atoms with E-state index in [9.17, 15) is 4.79 Å². The molecule has 2 unspecified atom stereocenters. The van der Waals surface area contributed by atoms with Crippen LogP contribution in [0, 0.1) is 0 Å². The normalized spacial score (nSPS) is 15.6. The molecule has 0 fully saturated rings. The van der Waals surface area contributed by atoms with Gasteiger partial charge in [0.25, 0.3) is 0 Å². The number of aliphatic carboxylic acids is 1. The third-order valence-corrected chi connectivity index (χ3v) is 1.40. The summed E-state index contributed by atoms with van der Waals surface area (Å²) in [4.78, 5) is 10.5. The van der Waals surface area contributed by atoms with Crippen LogP contribution in [-0.2, 0) is 14.3 Å². The highest BCUT2D eigenvalue weighted by molar-refractivity contribution is 5.72. The maximum absolute atomic E-state index is 10.5.